The Kier molecular flexibility index (Phi) is 4.70. The SMILES string of the molecule is Cc1oc(-c2ccccc2)nc1CCOc1ccc(C(=O)O)c(O)c1. The first-order valence-corrected chi connectivity index (χ1v) is 7.75. The molecule has 0 atom stereocenters. The van der Waals surface area contributed by atoms with Crippen molar-refractivity contribution < 1.29 is 24.2 Å². The van der Waals surface area contributed by atoms with Crippen LogP contribution in [0.25, 0.3) is 11.5 Å². The van der Waals surface area contributed by atoms with Gasteiger partial charge in [0, 0.05) is 18.1 Å². The third-order valence-corrected chi connectivity index (χ3v) is 3.72. The minimum absolute atomic E-state index is 0.160. The number of aromatic hydroxyl groups is 1. The lowest BCUT2D eigenvalue weighted by atomic mass is 10.2. The van der Waals surface area contributed by atoms with Crippen molar-refractivity contribution in [3.63, 3.8) is 0 Å². The molecule has 0 aliphatic heterocycles. The smallest absolute Gasteiger partial charge is 0.339 e. The molecule has 1 heterocycles. The minimum atomic E-state index is -1.18. The minimum Gasteiger partial charge on any atom is -0.507 e. The number of carboxylic acids is 1. The van der Waals surface area contributed by atoms with Gasteiger partial charge in [-0.2, -0.15) is 0 Å². The fourth-order valence-corrected chi connectivity index (χ4v) is 2.41. The highest BCUT2D eigenvalue weighted by molar-refractivity contribution is 5.90. The third kappa shape index (κ3) is 3.80. The number of aromatic nitrogens is 1. The van der Waals surface area contributed by atoms with Crippen LogP contribution < -0.4 is 4.74 Å². The first kappa shape index (κ1) is 16.6. The summed E-state index contributed by atoms with van der Waals surface area (Å²) < 4.78 is 11.3. The van der Waals surface area contributed by atoms with Crippen molar-refractivity contribution in [1.29, 1.82) is 0 Å². The second-order valence-corrected chi connectivity index (χ2v) is 5.47. The van der Waals surface area contributed by atoms with Crippen molar-refractivity contribution in [2.45, 2.75) is 13.3 Å². The van der Waals surface area contributed by atoms with Crippen LogP contribution in [0.3, 0.4) is 0 Å². The van der Waals surface area contributed by atoms with Crippen LogP contribution in [0.4, 0.5) is 0 Å². The van der Waals surface area contributed by atoms with Gasteiger partial charge >= 0.3 is 5.97 Å². The number of benzene rings is 2. The lowest BCUT2D eigenvalue weighted by molar-refractivity contribution is 0.0693. The fourth-order valence-electron chi connectivity index (χ4n) is 2.41. The third-order valence-electron chi connectivity index (χ3n) is 3.72. The second kappa shape index (κ2) is 7.09. The van der Waals surface area contributed by atoms with Gasteiger partial charge in [-0.25, -0.2) is 9.78 Å². The molecular weight excluding hydrogens is 322 g/mol. The Bertz CT molecular complexity index is 886. The van der Waals surface area contributed by atoms with Gasteiger partial charge in [0.25, 0.3) is 0 Å². The van der Waals surface area contributed by atoms with Crippen LogP contribution in [0, 0.1) is 6.92 Å². The predicted molar refractivity (Wildman–Crippen MR) is 90.9 cm³/mol. The average molecular weight is 339 g/mol. The molecule has 0 radical (unpaired) electrons. The van der Waals surface area contributed by atoms with Crippen LogP contribution in [0.5, 0.6) is 11.5 Å². The van der Waals surface area contributed by atoms with Gasteiger partial charge in [0.05, 0.1) is 12.3 Å². The molecular formula is C19H17NO5. The highest BCUT2D eigenvalue weighted by Crippen LogP contribution is 2.24. The molecule has 128 valence electrons. The Hall–Kier alpha value is -3.28. The Balaban J connectivity index is 1.64. The average Bonchev–Trinajstić information content (AvgIpc) is 2.96. The number of aryl methyl sites for hydroxylation is 1. The van der Waals surface area contributed by atoms with Gasteiger partial charge in [-0.15, -0.1) is 0 Å². The quantitative estimate of drug-likeness (QED) is 0.712. The number of nitrogens with zero attached hydrogens (tertiary/aromatic N) is 1. The second-order valence-electron chi connectivity index (χ2n) is 5.47. The van der Waals surface area contributed by atoms with Crippen LogP contribution in [0.1, 0.15) is 21.8 Å². The van der Waals surface area contributed by atoms with E-state index in [-0.39, 0.29) is 11.3 Å². The molecule has 25 heavy (non-hydrogen) atoms. The normalized spacial score (nSPS) is 10.6. The van der Waals surface area contributed by atoms with Crippen molar-refractivity contribution in [3.8, 4) is 23.0 Å². The maximum Gasteiger partial charge on any atom is 0.339 e. The molecule has 2 aromatic carbocycles. The van der Waals surface area contributed by atoms with Gasteiger partial charge in [0.1, 0.15) is 22.8 Å². The molecule has 0 saturated carbocycles. The van der Waals surface area contributed by atoms with E-state index in [4.69, 9.17) is 14.3 Å². The lowest BCUT2D eigenvalue weighted by Crippen LogP contribution is -2.03. The lowest BCUT2D eigenvalue weighted by Gasteiger charge is -2.07. The van der Waals surface area contributed by atoms with Crippen LogP contribution >= 0.6 is 0 Å². The van der Waals surface area contributed by atoms with Crippen molar-refractivity contribution in [1.82, 2.24) is 4.98 Å². The number of hydrogen-bond donors (Lipinski definition) is 2. The van der Waals surface area contributed by atoms with Gasteiger partial charge in [0.2, 0.25) is 5.89 Å². The summed E-state index contributed by atoms with van der Waals surface area (Å²) in [4.78, 5) is 15.4. The standard InChI is InChI=1S/C19H17NO5/c1-12-16(20-18(25-12)13-5-3-2-4-6-13)9-10-24-14-7-8-15(19(22)23)17(21)11-14/h2-8,11,21H,9-10H2,1H3,(H,22,23). The fraction of sp³-hybridized carbons (Fsp3) is 0.158. The molecule has 0 aliphatic rings. The number of aromatic carboxylic acids is 1. The molecule has 1 aromatic heterocycles. The van der Waals surface area contributed by atoms with E-state index >= 15 is 0 Å². The maximum atomic E-state index is 10.9. The van der Waals surface area contributed by atoms with Crippen LogP contribution in [-0.2, 0) is 6.42 Å². The first-order valence-electron chi connectivity index (χ1n) is 7.75. The zero-order valence-electron chi connectivity index (χ0n) is 13.6. The summed E-state index contributed by atoms with van der Waals surface area (Å²) in [5.74, 6) is 0.180. The van der Waals surface area contributed by atoms with E-state index in [0.29, 0.717) is 24.7 Å². The van der Waals surface area contributed by atoms with E-state index in [1.54, 1.807) is 0 Å². The molecule has 0 amide bonds. The molecule has 0 unspecified atom stereocenters. The van der Waals surface area contributed by atoms with Gasteiger partial charge < -0.3 is 19.4 Å². The van der Waals surface area contributed by atoms with E-state index in [2.05, 4.69) is 4.98 Å². The number of ether oxygens (including phenoxy) is 1. The summed E-state index contributed by atoms with van der Waals surface area (Å²) in [5, 5.41) is 18.6. The summed E-state index contributed by atoms with van der Waals surface area (Å²) in [5.41, 5.74) is 1.55. The zero-order chi connectivity index (χ0) is 17.8. The molecule has 3 rings (SSSR count). The molecule has 0 saturated heterocycles. The Morgan fingerprint density at radius 1 is 1.20 bits per heavy atom. The van der Waals surface area contributed by atoms with Crippen molar-refractivity contribution >= 4 is 5.97 Å². The number of rotatable bonds is 6. The van der Waals surface area contributed by atoms with Gasteiger partial charge in [0.15, 0.2) is 0 Å². The Labute approximate surface area is 144 Å². The van der Waals surface area contributed by atoms with Gasteiger partial charge in [-0.1, -0.05) is 18.2 Å². The van der Waals surface area contributed by atoms with E-state index in [0.717, 1.165) is 17.0 Å². The highest BCUT2D eigenvalue weighted by Gasteiger charge is 2.12. The number of phenols is 1. The summed E-state index contributed by atoms with van der Waals surface area (Å²) in [6.45, 7) is 2.18. The molecule has 0 spiro atoms. The topological polar surface area (TPSA) is 92.8 Å². The van der Waals surface area contributed by atoms with E-state index in [9.17, 15) is 9.90 Å². The maximum absolute atomic E-state index is 10.9. The van der Waals surface area contributed by atoms with E-state index < -0.39 is 5.97 Å². The predicted octanol–water partition coefficient (Wildman–Crippen LogP) is 3.68. The Morgan fingerprint density at radius 2 is 1.96 bits per heavy atom. The monoisotopic (exact) mass is 339 g/mol. The number of carbonyl (C=O) groups is 1. The first-order chi connectivity index (χ1) is 12.0. The van der Waals surface area contributed by atoms with Crippen molar-refractivity contribution in [2.75, 3.05) is 6.61 Å². The van der Waals surface area contributed by atoms with Gasteiger partial charge in [-0.05, 0) is 31.2 Å². The van der Waals surface area contributed by atoms with Crippen molar-refractivity contribution in [2.24, 2.45) is 0 Å². The molecule has 0 aliphatic carbocycles. The molecule has 3 aromatic rings. The summed E-state index contributed by atoms with van der Waals surface area (Å²) >= 11 is 0. The molecule has 0 fully saturated rings. The molecule has 6 nitrogen and oxygen atoms in total. The van der Waals surface area contributed by atoms with E-state index in [1.165, 1.54) is 18.2 Å². The number of oxazole rings is 1. The van der Waals surface area contributed by atoms with Crippen LogP contribution in [-0.4, -0.2) is 27.8 Å². The molecule has 2 N–H and O–H groups in total. The number of carboxylic acid groups (broad SMARTS) is 1. The highest BCUT2D eigenvalue weighted by atomic mass is 16.5. The summed E-state index contributed by atoms with van der Waals surface area (Å²) in [6.07, 6.45) is 0.531. The van der Waals surface area contributed by atoms with Gasteiger partial charge in [-0.3, -0.25) is 0 Å². The summed E-state index contributed by atoms with van der Waals surface area (Å²) in [6, 6.07) is 13.7. The summed E-state index contributed by atoms with van der Waals surface area (Å²) in [7, 11) is 0. The largest absolute Gasteiger partial charge is 0.507 e. The molecule has 0 bridgehead atoms. The zero-order valence-corrected chi connectivity index (χ0v) is 13.6. The number of hydrogen-bond acceptors (Lipinski definition) is 5. The van der Waals surface area contributed by atoms with Crippen LogP contribution in [0.2, 0.25) is 0 Å². The molecule has 6 heteroatoms. The Morgan fingerprint density at radius 3 is 2.64 bits per heavy atom. The van der Waals surface area contributed by atoms with Crippen LogP contribution in [0.15, 0.2) is 52.9 Å². The van der Waals surface area contributed by atoms with Crippen molar-refractivity contribution in [3.05, 3.63) is 65.5 Å². The van der Waals surface area contributed by atoms with E-state index in [1.807, 2.05) is 37.3 Å².